The lowest BCUT2D eigenvalue weighted by Crippen LogP contribution is -2.22. The van der Waals surface area contributed by atoms with Crippen molar-refractivity contribution in [3.05, 3.63) is 63.7 Å². The van der Waals surface area contributed by atoms with Gasteiger partial charge in [0.05, 0.1) is 16.3 Å². The number of rotatable bonds is 4. The quantitative estimate of drug-likeness (QED) is 0.844. The first-order valence-electron chi connectivity index (χ1n) is 6.96. The summed E-state index contributed by atoms with van der Waals surface area (Å²) in [7, 11) is 0. The largest absolute Gasteiger partial charge is 0.452 e. The van der Waals surface area contributed by atoms with Gasteiger partial charge in [0, 0.05) is 6.07 Å². The summed E-state index contributed by atoms with van der Waals surface area (Å²) >= 11 is 6.07. The fourth-order valence-electron chi connectivity index (χ4n) is 2.11. The van der Waals surface area contributed by atoms with E-state index in [1.54, 1.807) is 13.0 Å². The summed E-state index contributed by atoms with van der Waals surface area (Å²) in [6.45, 7) is 3.01. The summed E-state index contributed by atoms with van der Waals surface area (Å²) in [5.74, 6) is -3.56. The van der Waals surface area contributed by atoms with Gasteiger partial charge in [0.1, 0.15) is 11.6 Å². The van der Waals surface area contributed by atoms with Gasteiger partial charge >= 0.3 is 5.97 Å². The molecule has 126 valence electrons. The Bertz CT molecular complexity index is 785. The number of carbonyl (C=O) groups excluding carboxylic acids is 2. The minimum atomic E-state index is -1.06. The number of ether oxygens (including phenoxy) is 1. The lowest BCUT2D eigenvalue weighted by atomic mass is 10.1. The number of esters is 1. The van der Waals surface area contributed by atoms with E-state index in [9.17, 15) is 18.4 Å². The van der Waals surface area contributed by atoms with E-state index in [4.69, 9.17) is 16.3 Å². The highest BCUT2D eigenvalue weighted by atomic mass is 35.5. The standard InChI is InChI=1S/C17H14ClF2NO3/c1-9-5-10(2)16(13(18)6-9)21-15(22)8-24-17(23)12-4-3-11(19)7-14(12)20/h3-7H,8H2,1-2H3,(H,21,22). The number of amides is 1. The van der Waals surface area contributed by atoms with Crippen LogP contribution < -0.4 is 5.32 Å². The lowest BCUT2D eigenvalue weighted by Gasteiger charge is -2.12. The number of nitrogens with one attached hydrogen (secondary N) is 1. The molecule has 0 atom stereocenters. The summed E-state index contributed by atoms with van der Waals surface area (Å²) in [5.41, 5.74) is 1.66. The van der Waals surface area contributed by atoms with Crippen molar-refractivity contribution in [2.75, 3.05) is 11.9 Å². The summed E-state index contributed by atoms with van der Waals surface area (Å²) in [5, 5.41) is 2.89. The first-order chi connectivity index (χ1) is 11.3. The molecule has 7 heteroatoms. The Morgan fingerprint density at radius 2 is 1.88 bits per heavy atom. The van der Waals surface area contributed by atoms with Crippen molar-refractivity contribution in [2.45, 2.75) is 13.8 Å². The minimum absolute atomic E-state index is 0.358. The van der Waals surface area contributed by atoms with Gasteiger partial charge in [-0.1, -0.05) is 17.7 Å². The fraction of sp³-hybridized carbons (Fsp3) is 0.176. The number of anilines is 1. The van der Waals surface area contributed by atoms with E-state index in [1.807, 2.05) is 13.0 Å². The van der Waals surface area contributed by atoms with Crippen molar-refractivity contribution in [3.8, 4) is 0 Å². The SMILES string of the molecule is Cc1cc(C)c(NC(=O)COC(=O)c2ccc(F)cc2F)c(Cl)c1. The first-order valence-corrected chi connectivity index (χ1v) is 7.34. The van der Waals surface area contributed by atoms with Crippen LogP contribution in [0.15, 0.2) is 30.3 Å². The van der Waals surface area contributed by atoms with Crippen LogP contribution in [-0.4, -0.2) is 18.5 Å². The summed E-state index contributed by atoms with van der Waals surface area (Å²) in [6, 6.07) is 5.96. The minimum Gasteiger partial charge on any atom is -0.452 e. The summed E-state index contributed by atoms with van der Waals surface area (Å²) in [6.07, 6.45) is 0. The maximum absolute atomic E-state index is 13.5. The second-order valence-electron chi connectivity index (χ2n) is 5.19. The van der Waals surface area contributed by atoms with Crippen LogP contribution in [0.25, 0.3) is 0 Å². The van der Waals surface area contributed by atoms with E-state index in [0.717, 1.165) is 23.3 Å². The monoisotopic (exact) mass is 353 g/mol. The van der Waals surface area contributed by atoms with Gasteiger partial charge in [-0.2, -0.15) is 0 Å². The Kier molecular flexibility index (Phi) is 5.51. The van der Waals surface area contributed by atoms with E-state index in [0.29, 0.717) is 16.8 Å². The molecule has 0 aromatic heterocycles. The van der Waals surface area contributed by atoms with Crippen LogP contribution in [0.4, 0.5) is 14.5 Å². The van der Waals surface area contributed by atoms with Crippen LogP contribution in [0.5, 0.6) is 0 Å². The van der Waals surface area contributed by atoms with Crippen LogP contribution in [-0.2, 0) is 9.53 Å². The molecular formula is C17H14ClF2NO3. The van der Waals surface area contributed by atoms with Crippen molar-refractivity contribution < 1.29 is 23.1 Å². The van der Waals surface area contributed by atoms with Gasteiger partial charge in [-0.25, -0.2) is 13.6 Å². The Morgan fingerprint density at radius 1 is 1.17 bits per heavy atom. The second-order valence-corrected chi connectivity index (χ2v) is 5.59. The molecule has 0 radical (unpaired) electrons. The van der Waals surface area contributed by atoms with Crippen LogP contribution in [0, 0.1) is 25.5 Å². The lowest BCUT2D eigenvalue weighted by molar-refractivity contribution is -0.119. The predicted octanol–water partition coefficient (Wildman–Crippen LogP) is 4.03. The molecule has 0 aliphatic heterocycles. The van der Waals surface area contributed by atoms with Crippen molar-refractivity contribution in [1.29, 1.82) is 0 Å². The molecule has 2 rings (SSSR count). The Labute approximate surface area is 142 Å². The number of hydrogen-bond donors (Lipinski definition) is 1. The van der Waals surface area contributed by atoms with E-state index in [2.05, 4.69) is 5.32 Å². The number of halogens is 3. The highest BCUT2D eigenvalue weighted by Crippen LogP contribution is 2.27. The van der Waals surface area contributed by atoms with Gasteiger partial charge in [0.25, 0.3) is 5.91 Å². The number of carbonyl (C=O) groups is 2. The molecule has 0 bridgehead atoms. The predicted molar refractivity (Wildman–Crippen MR) is 86.2 cm³/mol. The highest BCUT2D eigenvalue weighted by Gasteiger charge is 2.16. The molecule has 0 heterocycles. The molecule has 0 spiro atoms. The van der Waals surface area contributed by atoms with Crippen molar-refractivity contribution >= 4 is 29.2 Å². The van der Waals surface area contributed by atoms with Crippen molar-refractivity contribution in [3.63, 3.8) is 0 Å². The molecule has 0 saturated carbocycles. The molecular weight excluding hydrogens is 340 g/mol. The molecule has 1 amide bonds. The second kappa shape index (κ2) is 7.40. The van der Waals surface area contributed by atoms with Crippen molar-refractivity contribution in [1.82, 2.24) is 0 Å². The van der Waals surface area contributed by atoms with Gasteiger partial charge in [-0.15, -0.1) is 0 Å². The molecule has 0 saturated heterocycles. The average molecular weight is 354 g/mol. The molecule has 0 unspecified atom stereocenters. The molecule has 2 aromatic carbocycles. The molecule has 0 fully saturated rings. The maximum Gasteiger partial charge on any atom is 0.341 e. The number of aryl methyl sites for hydroxylation is 2. The average Bonchev–Trinajstić information content (AvgIpc) is 2.48. The van der Waals surface area contributed by atoms with Crippen LogP contribution in [0.1, 0.15) is 21.5 Å². The fourth-order valence-corrected chi connectivity index (χ4v) is 2.48. The molecule has 24 heavy (non-hydrogen) atoms. The highest BCUT2D eigenvalue weighted by molar-refractivity contribution is 6.34. The summed E-state index contributed by atoms with van der Waals surface area (Å²) in [4.78, 5) is 23.6. The number of hydrogen-bond acceptors (Lipinski definition) is 3. The number of benzene rings is 2. The molecule has 1 N–H and O–H groups in total. The summed E-state index contributed by atoms with van der Waals surface area (Å²) < 4.78 is 31.0. The van der Waals surface area contributed by atoms with E-state index < -0.39 is 35.7 Å². The van der Waals surface area contributed by atoms with Gasteiger partial charge in [-0.05, 0) is 43.2 Å². The Morgan fingerprint density at radius 3 is 2.50 bits per heavy atom. The normalized spacial score (nSPS) is 10.4. The van der Waals surface area contributed by atoms with E-state index in [1.165, 1.54) is 0 Å². The van der Waals surface area contributed by atoms with Crippen LogP contribution in [0.3, 0.4) is 0 Å². The van der Waals surface area contributed by atoms with Crippen molar-refractivity contribution in [2.24, 2.45) is 0 Å². The Balaban J connectivity index is 2.00. The van der Waals surface area contributed by atoms with Gasteiger partial charge < -0.3 is 10.1 Å². The van der Waals surface area contributed by atoms with Gasteiger partial charge in [-0.3, -0.25) is 4.79 Å². The zero-order chi connectivity index (χ0) is 17.9. The maximum atomic E-state index is 13.5. The van der Waals surface area contributed by atoms with Crippen LogP contribution >= 0.6 is 11.6 Å². The van der Waals surface area contributed by atoms with E-state index >= 15 is 0 Å². The van der Waals surface area contributed by atoms with Crippen LogP contribution in [0.2, 0.25) is 5.02 Å². The molecule has 0 aliphatic carbocycles. The smallest absolute Gasteiger partial charge is 0.341 e. The molecule has 0 aliphatic rings. The molecule has 4 nitrogen and oxygen atoms in total. The third kappa shape index (κ3) is 4.29. The first kappa shape index (κ1) is 17.9. The Hall–Kier alpha value is -2.47. The third-order valence-corrected chi connectivity index (χ3v) is 3.48. The third-order valence-electron chi connectivity index (χ3n) is 3.18. The zero-order valence-electron chi connectivity index (χ0n) is 13.0. The zero-order valence-corrected chi connectivity index (χ0v) is 13.7. The van der Waals surface area contributed by atoms with E-state index in [-0.39, 0.29) is 0 Å². The van der Waals surface area contributed by atoms with Gasteiger partial charge in [0.2, 0.25) is 0 Å². The topological polar surface area (TPSA) is 55.4 Å². The molecule has 2 aromatic rings. The van der Waals surface area contributed by atoms with Gasteiger partial charge in [0.15, 0.2) is 6.61 Å².